The van der Waals surface area contributed by atoms with Crippen molar-refractivity contribution in [3.63, 3.8) is 0 Å². The number of hydrogen-bond donors (Lipinski definition) is 1. The maximum absolute atomic E-state index is 12.9. The van der Waals surface area contributed by atoms with Crippen molar-refractivity contribution in [2.75, 3.05) is 31.1 Å². The minimum Gasteiger partial charge on any atom is -0.465 e. The van der Waals surface area contributed by atoms with E-state index in [1.807, 2.05) is 24.8 Å². The minimum absolute atomic E-state index is 0.334. The lowest BCUT2D eigenvalue weighted by Gasteiger charge is -2.52. The average Bonchev–Trinajstić information content (AvgIpc) is 2.83. The van der Waals surface area contributed by atoms with Crippen LogP contribution in [0, 0.1) is 5.92 Å². The van der Waals surface area contributed by atoms with Crippen LogP contribution >= 0.6 is 0 Å². The Morgan fingerprint density at radius 3 is 2.42 bits per heavy atom. The lowest BCUT2D eigenvalue weighted by atomic mass is 9.83. The van der Waals surface area contributed by atoms with Crippen LogP contribution in [0.5, 0.6) is 0 Å². The summed E-state index contributed by atoms with van der Waals surface area (Å²) in [6.07, 6.45) is 0.0707. The molecule has 2 fully saturated rings. The predicted molar refractivity (Wildman–Crippen MR) is 131 cm³/mol. The maximum Gasteiger partial charge on any atom is 0.434 e. The molecule has 0 saturated carbocycles. The second-order valence-corrected chi connectivity index (χ2v) is 10.4. The van der Waals surface area contributed by atoms with Crippen molar-refractivity contribution < 1.29 is 23.1 Å². The van der Waals surface area contributed by atoms with Gasteiger partial charge in [0.2, 0.25) is 0 Å². The molecule has 2 aromatic rings. The van der Waals surface area contributed by atoms with Crippen LogP contribution in [0.25, 0.3) is 0 Å². The fourth-order valence-electron chi connectivity index (χ4n) is 5.70. The first-order chi connectivity index (χ1) is 17.0. The lowest BCUT2D eigenvalue weighted by molar-refractivity contribution is -0.141. The second-order valence-electron chi connectivity index (χ2n) is 10.4. The quantitative estimate of drug-likeness (QED) is 0.587. The van der Waals surface area contributed by atoms with Crippen LogP contribution in [-0.2, 0) is 12.7 Å². The second kappa shape index (κ2) is 10.6. The van der Waals surface area contributed by atoms with Gasteiger partial charge in [0.25, 0.3) is 0 Å². The fraction of sp³-hybridized carbons (Fsp3) is 0.577. The van der Waals surface area contributed by atoms with Gasteiger partial charge in [-0.1, -0.05) is 30.3 Å². The van der Waals surface area contributed by atoms with Crippen molar-refractivity contribution in [1.29, 1.82) is 0 Å². The molecule has 0 radical (unpaired) electrons. The third kappa shape index (κ3) is 6.08. The summed E-state index contributed by atoms with van der Waals surface area (Å²) < 4.78 is 38.7. The van der Waals surface area contributed by atoms with E-state index in [-0.39, 0.29) is 6.04 Å². The molecule has 3 heterocycles. The fourth-order valence-corrected chi connectivity index (χ4v) is 5.70. The number of aromatic nitrogens is 2. The van der Waals surface area contributed by atoms with E-state index in [9.17, 15) is 23.1 Å². The normalized spacial score (nSPS) is 24.2. The number of benzene rings is 1. The zero-order valence-corrected chi connectivity index (χ0v) is 20.8. The number of piperazine rings is 1. The molecule has 0 bridgehead atoms. The third-order valence-electron chi connectivity index (χ3n) is 7.54. The van der Waals surface area contributed by atoms with Crippen LogP contribution in [0.2, 0.25) is 0 Å². The van der Waals surface area contributed by atoms with E-state index in [4.69, 9.17) is 0 Å². The summed E-state index contributed by atoms with van der Waals surface area (Å²) in [5.41, 5.74) is -0.414. The standard InChI is InChI=1S/C26H34F3N5O2/c1-19-16-33(23-15-30-22(14-31-23)26(27,28)29)18-25(2,34(19)24(35)36)11-8-20-9-12-32(13-10-20)17-21-6-4-3-5-7-21/h3-7,14-15,19-20H,8-13,16-18H2,1-2H3,(H,35,36)/t19-,25+/m0/s1. The number of amides is 1. The summed E-state index contributed by atoms with van der Waals surface area (Å²) in [4.78, 5) is 25.6. The highest BCUT2D eigenvalue weighted by atomic mass is 19.4. The molecule has 1 aromatic heterocycles. The van der Waals surface area contributed by atoms with E-state index in [0.29, 0.717) is 31.2 Å². The molecule has 196 valence electrons. The molecule has 7 nitrogen and oxygen atoms in total. The largest absolute Gasteiger partial charge is 0.465 e. The highest BCUT2D eigenvalue weighted by Crippen LogP contribution is 2.35. The van der Waals surface area contributed by atoms with E-state index in [0.717, 1.165) is 51.3 Å². The number of hydrogen-bond acceptors (Lipinski definition) is 5. The van der Waals surface area contributed by atoms with E-state index in [1.54, 1.807) is 0 Å². The van der Waals surface area contributed by atoms with Gasteiger partial charge in [0.15, 0.2) is 5.69 Å². The van der Waals surface area contributed by atoms with Crippen molar-refractivity contribution in [2.24, 2.45) is 5.92 Å². The molecule has 1 amide bonds. The number of carbonyl (C=O) groups is 1. The first-order valence-corrected chi connectivity index (χ1v) is 12.5. The number of rotatable bonds is 6. The van der Waals surface area contributed by atoms with Gasteiger partial charge in [0.05, 0.1) is 24.0 Å². The Hall–Kier alpha value is -2.88. The topological polar surface area (TPSA) is 72.8 Å². The van der Waals surface area contributed by atoms with E-state index >= 15 is 0 Å². The summed E-state index contributed by atoms with van der Waals surface area (Å²) in [6.45, 7) is 7.45. The van der Waals surface area contributed by atoms with Crippen molar-refractivity contribution in [2.45, 2.75) is 63.8 Å². The van der Waals surface area contributed by atoms with Crippen molar-refractivity contribution in [3.05, 3.63) is 54.0 Å². The number of nitrogens with zero attached hydrogens (tertiary/aromatic N) is 5. The average molecular weight is 506 g/mol. The van der Waals surface area contributed by atoms with Gasteiger partial charge in [0.1, 0.15) is 5.82 Å². The monoisotopic (exact) mass is 505 g/mol. The molecule has 2 saturated heterocycles. The summed E-state index contributed by atoms with van der Waals surface area (Å²) in [5.74, 6) is 0.848. The zero-order chi connectivity index (χ0) is 25.9. The van der Waals surface area contributed by atoms with E-state index in [2.05, 4.69) is 39.1 Å². The third-order valence-corrected chi connectivity index (χ3v) is 7.54. The summed E-state index contributed by atoms with van der Waals surface area (Å²) in [5, 5.41) is 9.99. The Morgan fingerprint density at radius 1 is 1.14 bits per heavy atom. The van der Waals surface area contributed by atoms with Crippen LogP contribution in [0.4, 0.5) is 23.8 Å². The molecule has 0 unspecified atom stereocenters. The molecular weight excluding hydrogens is 471 g/mol. The van der Waals surface area contributed by atoms with Crippen molar-refractivity contribution in [3.8, 4) is 0 Å². The van der Waals surface area contributed by atoms with Gasteiger partial charge in [-0.25, -0.2) is 14.8 Å². The van der Waals surface area contributed by atoms with Crippen LogP contribution in [0.15, 0.2) is 42.7 Å². The Labute approximate surface area is 209 Å². The SMILES string of the molecule is C[C@H]1CN(c2cnc(C(F)(F)F)cn2)C[C@@](C)(CCC2CCN(Cc3ccccc3)CC2)N1C(=O)O. The van der Waals surface area contributed by atoms with Gasteiger partial charge in [-0.05, 0) is 64.1 Å². The molecule has 0 spiro atoms. The Kier molecular flexibility index (Phi) is 7.73. The molecule has 2 aliphatic rings. The Bertz CT molecular complexity index is 1010. The molecule has 2 atom stereocenters. The molecule has 4 rings (SSSR count). The maximum atomic E-state index is 12.9. The number of likely N-dealkylation sites (tertiary alicyclic amines) is 1. The van der Waals surface area contributed by atoms with Crippen LogP contribution < -0.4 is 4.90 Å². The molecular formula is C26H34F3N5O2. The Balaban J connectivity index is 1.39. The molecule has 36 heavy (non-hydrogen) atoms. The summed E-state index contributed by atoms with van der Waals surface area (Å²) in [6, 6.07) is 10.1. The van der Waals surface area contributed by atoms with Crippen LogP contribution in [0.3, 0.4) is 0 Å². The van der Waals surface area contributed by atoms with Crippen molar-refractivity contribution >= 4 is 11.9 Å². The molecule has 1 aromatic carbocycles. The van der Waals surface area contributed by atoms with Gasteiger partial charge in [-0.15, -0.1) is 0 Å². The lowest BCUT2D eigenvalue weighted by Crippen LogP contribution is -2.66. The number of anilines is 1. The molecule has 1 N–H and O–H groups in total. The number of alkyl halides is 3. The zero-order valence-electron chi connectivity index (χ0n) is 20.8. The van der Waals surface area contributed by atoms with Crippen molar-refractivity contribution in [1.82, 2.24) is 19.8 Å². The molecule has 2 aliphatic heterocycles. The Morgan fingerprint density at radius 2 is 1.83 bits per heavy atom. The van der Waals surface area contributed by atoms with Crippen LogP contribution in [-0.4, -0.2) is 68.7 Å². The smallest absolute Gasteiger partial charge is 0.434 e. The van der Waals surface area contributed by atoms with E-state index in [1.165, 1.54) is 10.5 Å². The first kappa shape index (κ1) is 26.2. The van der Waals surface area contributed by atoms with Gasteiger partial charge in [0, 0.05) is 19.6 Å². The van der Waals surface area contributed by atoms with Gasteiger partial charge in [-0.3, -0.25) is 9.80 Å². The molecule has 10 heteroatoms. The minimum atomic E-state index is -4.55. The summed E-state index contributed by atoms with van der Waals surface area (Å²) in [7, 11) is 0. The number of piperidine rings is 1. The highest BCUT2D eigenvalue weighted by molar-refractivity contribution is 5.67. The molecule has 0 aliphatic carbocycles. The summed E-state index contributed by atoms with van der Waals surface area (Å²) >= 11 is 0. The first-order valence-electron chi connectivity index (χ1n) is 12.5. The van der Waals surface area contributed by atoms with Gasteiger partial charge >= 0.3 is 12.3 Å². The van der Waals surface area contributed by atoms with Gasteiger partial charge in [-0.2, -0.15) is 13.2 Å². The number of carboxylic acid groups (broad SMARTS) is 1. The number of halogens is 3. The van der Waals surface area contributed by atoms with Crippen LogP contribution in [0.1, 0.15) is 50.8 Å². The highest BCUT2D eigenvalue weighted by Gasteiger charge is 2.45. The predicted octanol–water partition coefficient (Wildman–Crippen LogP) is 5.14. The van der Waals surface area contributed by atoms with E-state index < -0.39 is 23.5 Å². The van der Waals surface area contributed by atoms with Gasteiger partial charge < -0.3 is 10.0 Å².